The average Bonchev–Trinajstić information content (AvgIpc) is 3.47. The molecule has 0 radical (unpaired) electrons. The number of rotatable bonds is 8. The van der Waals surface area contributed by atoms with E-state index < -0.39 is 16.0 Å². The highest BCUT2D eigenvalue weighted by atomic mass is 35.5. The van der Waals surface area contributed by atoms with E-state index in [0.717, 1.165) is 0 Å². The summed E-state index contributed by atoms with van der Waals surface area (Å²) in [6.45, 7) is 0.163. The highest BCUT2D eigenvalue weighted by Crippen LogP contribution is 2.39. The first-order valence-corrected chi connectivity index (χ1v) is 11.3. The maximum atomic E-state index is 12.3. The van der Waals surface area contributed by atoms with E-state index >= 15 is 0 Å². The summed E-state index contributed by atoms with van der Waals surface area (Å²) in [6.07, 6.45) is 4.26. The SMILES string of the molecule is O=C(/C=C/c1ccc(S(=O)(=O)NCc2ccco2)cc1)OCc1cc(Cl)c2c(c1)OCO2. The second-order valence-electron chi connectivity index (χ2n) is 6.73. The lowest BCUT2D eigenvalue weighted by Crippen LogP contribution is -2.22. The number of esters is 1. The number of carbonyl (C=O) groups excluding carboxylic acids is 1. The van der Waals surface area contributed by atoms with E-state index in [4.69, 9.17) is 30.2 Å². The molecule has 0 saturated heterocycles. The minimum absolute atomic E-state index is 0.0120. The van der Waals surface area contributed by atoms with Crippen molar-refractivity contribution in [2.45, 2.75) is 18.0 Å². The zero-order valence-corrected chi connectivity index (χ0v) is 18.2. The van der Waals surface area contributed by atoms with E-state index in [-0.39, 0.29) is 24.8 Å². The lowest BCUT2D eigenvalue weighted by molar-refractivity contribution is -0.138. The molecule has 4 rings (SSSR count). The maximum Gasteiger partial charge on any atom is 0.331 e. The van der Waals surface area contributed by atoms with Crippen molar-refractivity contribution in [3.05, 3.63) is 82.8 Å². The predicted molar refractivity (Wildman–Crippen MR) is 116 cm³/mol. The van der Waals surface area contributed by atoms with Gasteiger partial charge >= 0.3 is 5.97 Å². The van der Waals surface area contributed by atoms with Gasteiger partial charge in [-0.2, -0.15) is 0 Å². The van der Waals surface area contributed by atoms with Crippen LogP contribution in [-0.2, 0) is 32.7 Å². The summed E-state index contributed by atoms with van der Waals surface area (Å²) < 4.78 is 48.0. The first-order valence-electron chi connectivity index (χ1n) is 9.46. The molecule has 0 saturated carbocycles. The van der Waals surface area contributed by atoms with Crippen molar-refractivity contribution >= 4 is 33.7 Å². The Balaban J connectivity index is 1.31. The van der Waals surface area contributed by atoms with Gasteiger partial charge in [-0.1, -0.05) is 23.7 Å². The molecule has 8 nitrogen and oxygen atoms in total. The van der Waals surface area contributed by atoms with Gasteiger partial charge in [0.15, 0.2) is 11.5 Å². The number of carbonyl (C=O) groups is 1. The summed E-state index contributed by atoms with van der Waals surface area (Å²) in [5.74, 6) is 0.932. The van der Waals surface area contributed by atoms with E-state index in [0.29, 0.717) is 33.4 Å². The van der Waals surface area contributed by atoms with Gasteiger partial charge in [-0.25, -0.2) is 17.9 Å². The average molecular weight is 476 g/mol. The third kappa shape index (κ3) is 5.31. The molecule has 0 aliphatic carbocycles. The van der Waals surface area contributed by atoms with Crippen LogP contribution in [0.3, 0.4) is 0 Å². The number of ether oxygens (including phenoxy) is 3. The van der Waals surface area contributed by atoms with Gasteiger partial charge in [0.05, 0.1) is 22.7 Å². The predicted octanol–water partition coefficient (Wildman–Crippen LogP) is 3.90. The molecule has 0 atom stereocenters. The molecule has 1 aliphatic heterocycles. The molecule has 3 aromatic rings. The molecule has 2 aromatic carbocycles. The molecule has 32 heavy (non-hydrogen) atoms. The highest BCUT2D eigenvalue weighted by Gasteiger charge is 2.18. The van der Waals surface area contributed by atoms with Crippen molar-refractivity contribution in [2.75, 3.05) is 6.79 Å². The molecule has 1 aromatic heterocycles. The zero-order valence-electron chi connectivity index (χ0n) is 16.6. The third-order valence-corrected chi connectivity index (χ3v) is 6.18. The quantitative estimate of drug-likeness (QED) is 0.389. The first kappa shape index (κ1) is 21.9. The summed E-state index contributed by atoms with van der Waals surface area (Å²) in [7, 11) is -3.69. The zero-order chi connectivity index (χ0) is 22.6. The normalized spacial score (nSPS) is 12.9. The molecular weight excluding hydrogens is 458 g/mol. The molecule has 0 bridgehead atoms. The number of furan rings is 1. The Labute approximate surface area is 189 Å². The Morgan fingerprint density at radius 1 is 1.16 bits per heavy atom. The minimum Gasteiger partial charge on any atom is -0.468 e. The second-order valence-corrected chi connectivity index (χ2v) is 8.90. The number of benzene rings is 2. The smallest absolute Gasteiger partial charge is 0.331 e. The Morgan fingerprint density at radius 3 is 2.72 bits per heavy atom. The van der Waals surface area contributed by atoms with Crippen molar-refractivity contribution in [2.24, 2.45) is 0 Å². The third-order valence-electron chi connectivity index (χ3n) is 4.49. The van der Waals surface area contributed by atoms with Gasteiger partial charge < -0.3 is 18.6 Å². The molecule has 1 aliphatic rings. The molecule has 1 N–H and O–H groups in total. The fourth-order valence-corrected chi connectivity index (χ4v) is 4.17. The lowest BCUT2D eigenvalue weighted by Gasteiger charge is -2.06. The van der Waals surface area contributed by atoms with Crippen LogP contribution in [0.1, 0.15) is 16.9 Å². The van der Waals surface area contributed by atoms with Gasteiger partial charge in [0, 0.05) is 6.08 Å². The van der Waals surface area contributed by atoms with Crippen molar-refractivity contribution < 1.29 is 31.8 Å². The molecule has 0 amide bonds. The van der Waals surface area contributed by atoms with Crippen molar-refractivity contribution in [3.8, 4) is 11.5 Å². The van der Waals surface area contributed by atoms with Crippen LogP contribution in [0.5, 0.6) is 11.5 Å². The molecule has 166 valence electrons. The van der Waals surface area contributed by atoms with Crippen LogP contribution in [0.15, 0.2) is 70.2 Å². The first-order chi connectivity index (χ1) is 15.4. The van der Waals surface area contributed by atoms with E-state index in [1.54, 1.807) is 36.4 Å². The van der Waals surface area contributed by atoms with E-state index in [9.17, 15) is 13.2 Å². The monoisotopic (exact) mass is 475 g/mol. The number of halogens is 1. The number of sulfonamides is 1. The van der Waals surface area contributed by atoms with Crippen LogP contribution in [0.2, 0.25) is 5.02 Å². The summed E-state index contributed by atoms with van der Waals surface area (Å²) >= 11 is 6.11. The standard InChI is InChI=1S/C22H18ClNO7S/c23-19-10-16(11-20-22(19)31-14-30-20)13-29-21(25)8-5-15-3-6-18(7-4-15)32(26,27)24-12-17-2-1-9-28-17/h1-11,24H,12-14H2/b8-5+. The molecule has 0 fully saturated rings. The lowest BCUT2D eigenvalue weighted by atomic mass is 10.2. The van der Waals surface area contributed by atoms with Crippen LogP contribution in [-0.4, -0.2) is 21.2 Å². The Bertz CT molecular complexity index is 1240. The Hall–Kier alpha value is -3.27. The fourth-order valence-electron chi connectivity index (χ4n) is 2.89. The number of fused-ring (bicyclic) bond motifs is 1. The second kappa shape index (κ2) is 9.47. The Kier molecular flexibility index (Phi) is 6.50. The highest BCUT2D eigenvalue weighted by molar-refractivity contribution is 7.89. The van der Waals surface area contributed by atoms with Crippen LogP contribution in [0.25, 0.3) is 6.08 Å². The summed E-state index contributed by atoms with van der Waals surface area (Å²) in [4.78, 5) is 12.1. The van der Waals surface area contributed by atoms with E-state index in [1.165, 1.54) is 30.5 Å². The van der Waals surface area contributed by atoms with Gasteiger partial charge in [-0.3, -0.25) is 0 Å². The maximum absolute atomic E-state index is 12.3. The largest absolute Gasteiger partial charge is 0.468 e. The summed E-state index contributed by atoms with van der Waals surface area (Å²) in [5.41, 5.74) is 1.30. The van der Waals surface area contributed by atoms with Gasteiger partial charge in [0.2, 0.25) is 16.8 Å². The molecule has 2 heterocycles. The van der Waals surface area contributed by atoms with Gasteiger partial charge in [-0.15, -0.1) is 0 Å². The molecule has 0 spiro atoms. The van der Waals surface area contributed by atoms with Crippen LogP contribution < -0.4 is 14.2 Å². The minimum atomic E-state index is -3.69. The van der Waals surface area contributed by atoms with Crippen molar-refractivity contribution in [1.82, 2.24) is 4.72 Å². The molecular formula is C22H18ClNO7S. The van der Waals surface area contributed by atoms with Crippen molar-refractivity contribution in [1.29, 1.82) is 0 Å². The van der Waals surface area contributed by atoms with Crippen LogP contribution in [0.4, 0.5) is 0 Å². The van der Waals surface area contributed by atoms with E-state index in [1.807, 2.05) is 0 Å². The molecule has 10 heteroatoms. The topological polar surface area (TPSA) is 104 Å². The number of nitrogens with one attached hydrogen (secondary N) is 1. The van der Waals surface area contributed by atoms with Gasteiger partial charge in [0.25, 0.3) is 0 Å². The Morgan fingerprint density at radius 2 is 1.97 bits per heavy atom. The fraction of sp³-hybridized carbons (Fsp3) is 0.136. The van der Waals surface area contributed by atoms with Crippen LogP contribution in [0, 0.1) is 0 Å². The summed E-state index contributed by atoms with van der Waals surface area (Å²) in [5, 5.41) is 0.385. The molecule has 0 unspecified atom stereocenters. The van der Waals surface area contributed by atoms with Gasteiger partial charge in [-0.05, 0) is 53.6 Å². The van der Waals surface area contributed by atoms with Crippen LogP contribution >= 0.6 is 11.6 Å². The number of hydrogen-bond acceptors (Lipinski definition) is 7. The number of hydrogen-bond donors (Lipinski definition) is 1. The van der Waals surface area contributed by atoms with Crippen molar-refractivity contribution in [3.63, 3.8) is 0 Å². The van der Waals surface area contributed by atoms with Gasteiger partial charge in [0.1, 0.15) is 12.4 Å². The van der Waals surface area contributed by atoms with E-state index in [2.05, 4.69) is 4.72 Å². The summed E-state index contributed by atoms with van der Waals surface area (Å²) in [6, 6.07) is 12.8.